The van der Waals surface area contributed by atoms with Gasteiger partial charge in [0.2, 0.25) is 5.95 Å². The summed E-state index contributed by atoms with van der Waals surface area (Å²) in [5.74, 6) is -0.670. The van der Waals surface area contributed by atoms with Crippen LogP contribution in [0, 0.1) is 11.6 Å². The number of halogens is 2. The molecule has 1 aromatic heterocycles. The summed E-state index contributed by atoms with van der Waals surface area (Å²) in [5.41, 5.74) is 3.70. The number of nitrogens with one attached hydrogen (secondary N) is 2. The second-order valence-electron chi connectivity index (χ2n) is 9.39. The molecule has 170 valence electrons. The Labute approximate surface area is 195 Å². The molecule has 9 heteroatoms. The fourth-order valence-electron chi connectivity index (χ4n) is 4.13. The van der Waals surface area contributed by atoms with Crippen LogP contribution in [-0.4, -0.2) is 62.8 Å². The van der Waals surface area contributed by atoms with Crippen LogP contribution in [0.5, 0.6) is 0 Å². The minimum absolute atomic E-state index is 0.431. The van der Waals surface area contributed by atoms with Crippen LogP contribution in [0.25, 0.3) is 11.3 Å². The molecule has 0 unspecified atom stereocenters. The first-order valence-corrected chi connectivity index (χ1v) is 11.4. The summed E-state index contributed by atoms with van der Waals surface area (Å²) < 4.78 is 27.3. The average Bonchev–Trinajstić information content (AvgIpc) is 2.79. The quantitative estimate of drug-likeness (QED) is 0.541. The van der Waals surface area contributed by atoms with E-state index in [1.165, 1.54) is 17.7 Å². The Bertz CT molecular complexity index is 1090. The van der Waals surface area contributed by atoms with E-state index in [9.17, 15) is 8.78 Å². The largest absolute Gasteiger partial charge is 0.355 e. The zero-order chi connectivity index (χ0) is 23.4. The number of hydrogen-bond acceptors (Lipinski definition) is 5. The van der Waals surface area contributed by atoms with Crippen molar-refractivity contribution in [1.29, 1.82) is 0 Å². The fourth-order valence-corrected chi connectivity index (χ4v) is 4.13. The van der Waals surface area contributed by atoms with E-state index in [1.54, 1.807) is 6.20 Å². The summed E-state index contributed by atoms with van der Waals surface area (Å²) in [6.07, 6.45) is 1.73. The molecule has 0 aliphatic carbocycles. The zero-order valence-electron chi connectivity index (χ0n) is 19.4. The van der Waals surface area contributed by atoms with Gasteiger partial charge in [0.05, 0.1) is 5.69 Å². The third-order valence-corrected chi connectivity index (χ3v) is 6.24. The van der Waals surface area contributed by atoms with Crippen molar-refractivity contribution in [3.05, 3.63) is 77.5 Å². The van der Waals surface area contributed by atoms with E-state index in [4.69, 9.17) is 0 Å². The first kappa shape index (κ1) is 23.4. The summed E-state index contributed by atoms with van der Waals surface area (Å²) in [6.45, 7) is 6.66. The average molecular weight is 447 g/mol. The predicted molar refractivity (Wildman–Crippen MR) is 134 cm³/mol. The molecule has 0 spiro atoms. The van der Waals surface area contributed by atoms with E-state index >= 15 is 0 Å². The Kier molecular flexibility index (Phi) is 7.10. The van der Waals surface area contributed by atoms with Crippen LogP contribution in [0.3, 0.4) is 0 Å². The number of hydrogen-bond donors (Lipinski definition) is 2. The van der Waals surface area contributed by atoms with Crippen LogP contribution in [0.2, 0.25) is 0 Å². The fraction of sp³-hybridized carbons (Fsp3) is 0.333. The normalized spacial score (nSPS) is 17.1. The minimum atomic E-state index is -0.577. The predicted octanol–water partition coefficient (Wildman–Crippen LogP) is 1.75. The van der Waals surface area contributed by atoms with Crippen LogP contribution < -0.4 is 10.6 Å². The molecule has 0 amide bonds. The highest BCUT2D eigenvalue weighted by Gasteiger charge is 2.23. The lowest BCUT2D eigenvalue weighted by molar-refractivity contribution is 0.165. The second kappa shape index (κ2) is 10.0. The standard InChI is InChI=1S/C24H29B2F2N5/c1-16-13-29-7-8-33(16)14-17-3-2-4-18(9-17)22-5-6-30-23(32-22)31-15-24(25,26)19-10-20(27)12-21(28)11-19/h2-6,9-12,16,29H,7-8,13-15,25-26H2,1H3,(H,30,31,32)/t16-/m0/s1. The molecular formula is C24H29B2F2N5. The highest BCUT2D eigenvalue weighted by molar-refractivity contribution is 6.40. The lowest BCUT2D eigenvalue weighted by Gasteiger charge is -2.33. The van der Waals surface area contributed by atoms with Gasteiger partial charge in [0, 0.05) is 56.6 Å². The molecule has 2 aromatic carbocycles. The van der Waals surface area contributed by atoms with Gasteiger partial charge in [-0.15, -0.1) is 0 Å². The van der Waals surface area contributed by atoms with E-state index in [0.717, 1.165) is 43.5 Å². The van der Waals surface area contributed by atoms with Crippen molar-refractivity contribution in [2.75, 3.05) is 31.5 Å². The number of anilines is 1. The van der Waals surface area contributed by atoms with E-state index in [2.05, 4.69) is 56.7 Å². The maximum absolute atomic E-state index is 13.7. The molecule has 1 atom stereocenters. The van der Waals surface area contributed by atoms with Crippen molar-refractivity contribution in [1.82, 2.24) is 20.2 Å². The maximum atomic E-state index is 13.7. The number of benzene rings is 2. The molecule has 5 nitrogen and oxygen atoms in total. The van der Waals surface area contributed by atoms with Gasteiger partial charge >= 0.3 is 0 Å². The lowest BCUT2D eigenvalue weighted by atomic mass is 9.51. The van der Waals surface area contributed by atoms with Crippen molar-refractivity contribution in [2.24, 2.45) is 0 Å². The molecule has 1 fully saturated rings. The molecule has 3 aromatic rings. The highest BCUT2D eigenvalue weighted by atomic mass is 19.1. The molecule has 0 saturated carbocycles. The molecule has 33 heavy (non-hydrogen) atoms. The Morgan fingerprint density at radius 1 is 1.15 bits per heavy atom. The molecule has 0 bridgehead atoms. The number of nitrogens with zero attached hydrogens (tertiary/aromatic N) is 3. The van der Waals surface area contributed by atoms with Crippen LogP contribution in [0.4, 0.5) is 14.7 Å². The van der Waals surface area contributed by atoms with E-state index in [1.807, 2.05) is 21.8 Å². The molecule has 0 radical (unpaired) electrons. The Morgan fingerprint density at radius 3 is 2.70 bits per heavy atom. The number of rotatable bonds is 7. The summed E-state index contributed by atoms with van der Waals surface area (Å²) in [6, 6.07) is 14.5. The van der Waals surface area contributed by atoms with Gasteiger partial charge in [-0.05, 0) is 47.5 Å². The van der Waals surface area contributed by atoms with E-state index in [0.29, 0.717) is 24.1 Å². The van der Waals surface area contributed by atoms with Crippen molar-refractivity contribution in [3.8, 4) is 11.3 Å². The SMILES string of the molecule is BC(B)(CNc1nccc(-c2cccc(CN3CCNC[C@@H]3C)c2)n1)c1cc(F)cc(F)c1. The summed E-state index contributed by atoms with van der Waals surface area (Å²) in [4.78, 5) is 11.5. The topological polar surface area (TPSA) is 53.1 Å². The molecule has 4 rings (SSSR count). The Hall–Kier alpha value is -2.77. The van der Waals surface area contributed by atoms with Gasteiger partial charge in [0.1, 0.15) is 27.3 Å². The first-order valence-electron chi connectivity index (χ1n) is 11.4. The third-order valence-electron chi connectivity index (χ3n) is 6.24. The van der Waals surface area contributed by atoms with Gasteiger partial charge in [0.15, 0.2) is 0 Å². The van der Waals surface area contributed by atoms with Crippen LogP contribution in [0.1, 0.15) is 18.1 Å². The van der Waals surface area contributed by atoms with Gasteiger partial charge in [-0.3, -0.25) is 4.90 Å². The number of piperazine rings is 1. The van der Waals surface area contributed by atoms with E-state index in [-0.39, 0.29) is 0 Å². The molecule has 2 heterocycles. The van der Waals surface area contributed by atoms with Crippen molar-refractivity contribution in [2.45, 2.75) is 24.7 Å². The summed E-state index contributed by atoms with van der Waals surface area (Å²) in [5, 5.41) is 6.15. The summed E-state index contributed by atoms with van der Waals surface area (Å²) in [7, 11) is 3.86. The van der Waals surface area contributed by atoms with Gasteiger partial charge in [-0.2, -0.15) is 0 Å². The third kappa shape index (κ3) is 5.97. The highest BCUT2D eigenvalue weighted by Crippen LogP contribution is 2.23. The van der Waals surface area contributed by atoms with Crippen molar-refractivity contribution in [3.63, 3.8) is 0 Å². The number of aromatic nitrogens is 2. The van der Waals surface area contributed by atoms with Crippen LogP contribution in [-0.2, 0) is 11.8 Å². The van der Waals surface area contributed by atoms with Gasteiger partial charge in [0.25, 0.3) is 0 Å². The lowest BCUT2D eigenvalue weighted by Crippen LogP contribution is -2.49. The van der Waals surface area contributed by atoms with Crippen molar-refractivity contribution >= 4 is 21.6 Å². The molecular weight excluding hydrogens is 418 g/mol. The molecule has 2 N–H and O–H groups in total. The molecule has 1 aliphatic rings. The summed E-state index contributed by atoms with van der Waals surface area (Å²) >= 11 is 0. The maximum Gasteiger partial charge on any atom is 0.223 e. The minimum Gasteiger partial charge on any atom is -0.355 e. The van der Waals surface area contributed by atoms with Crippen LogP contribution >= 0.6 is 0 Å². The zero-order valence-corrected chi connectivity index (χ0v) is 19.4. The second-order valence-corrected chi connectivity index (χ2v) is 9.39. The van der Waals surface area contributed by atoms with Crippen LogP contribution in [0.15, 0.2) is 54.7 Å². The van der Waals surface area contributed by atoms with E-state index < -0.39 is 16.8 Å². The van der Waals surface area contributed by atoms with Crippen molar-refractivity contribution < 1.29 is 8.78 Å². The molecule has 1 saturated heterocycles. The van der Waals surface area contributed by atoms with Gasteiger partial charge < -0.3 is 10.6 Å². The first-order chi connectivity index (χ1) is 15.8. The van der Waals surface area contributed by atoms with Gasteiger partial charge in [-0.25, -0.2) is 18.7 Å². The molecule has 1 aliphatic heterocycles. The Morgan fingerprint density at radius 2 is 1.94 bits per heavy atom. The monoisotopic (exact) mass is 447 g/mol. The Balaban J connectivity index is 1.46. The smallest absolute Gasteiger partial charge is 0.223 e. The van der Waals surface area contributed by atoms with Gasteiger partial charge in [-0.1, -0.05) is 18.2 Å².